The van der Waals surface area contributed by atoms with Crippen molar-refractivity contribution in [2.24, 2.45) is 5.92 Å². The van der Waals surface area contributed by atoms with E-state index in [9.17, 15) is 13.2 Å². The maximum absolute atomic E-state index is 13.1. The molecular formula is C23H30N2O3S. The van der Waals surface area contributed by atoms with E-state index in [1.807, 2.05) is 32.9 Å². The van der Waals surface area contributed by atoms with Gasteiger partial charge in [0.15, 0.2) is 0 Å². The third-order valence-corrected chi connectivity index (χ3v) is 6.96. The van der Waals surface area contributed by atoms with Crippen LogP contribution in [0.1, 0.15) is 55.8 Å². The van der Waals surface area contributed by atoms with Crippen molar-refractivity contribution >= 4 is 15.9 Å². The molecule has 0 bridgehead atoms. The monoisotopic (exact) mass is 414 g/mol. The molecule has 2 aromatic rings. The van der Waals surface area contributed by atoms with Gasteiger partial charge in [-0.25, -0.2) is 8.42 Å². The molecule has 0 spiro atoms. The molecule has 0 saturated heterocycles. The van der Waals surface area contributed by atoms with E-state index in [1.165, 1.54) is 5.56 Å². The Labute approximate surface area is 174 Å². The summed E-state index contributed by atoms with van der Waals surface area (Å²) in [5, 5.41) is 3.11. The highest BCUT2D eigenvalue weighted by Crippen LogP contribution is 2.28. The van der Waals surface area contributed by atoms with Crippen LogP contribution in [0.3, 0.4) is 0 Å². The lowest BCUT2D eigenvalue weighted by atomic mass is 9.98. The smallest absolute Gasteiger partial charge is 0.241 e. The first-order valence-corrected chi connectivity index (χ1v) is 11.7. The Kier molecular flexibility index (Phi) is 6.75. The molecule has 156 valence electrons. The summed E-state index contributed by atoms with van der Waals surface area (Å²) >= 11 is 0. The molecule has 1 aliphatic rings. The van der Waals surface area contributed by atoms with Gasteiger partial charge in [0, 0.05) is 0 Å². The number of carbonyl (C=O) groups is 1. The molecule has 0 radical (unpaired) electrons. The standard InChI is InChI=1S/C23H30N2O3S/c1-16(2)22(25-29(27,28)19-14-12-17(3)13-15-19)23(26)24-21-11-7-5-9-18-8-4-6-10-20(18)21/h4,6,8,10,12-16,21-22,25H,5,7,9,11H2,1-3H3,(H,24,26). The number of hydrogen-bond acceptors (Lipinski definition) is 3. The molecule has 1 aliphatic carbocycles. The lowest BCUT2D eigenvalue weighted by molar-refractivity contribution is -0.124. The average molecular weight is 415 g/mol. The van der Waals surface area contributed by atoms with Crippen molar-refractivity contribution in [2.75, 3.05) is 0 Å². The predicted octanol–water partition coefficient (Wildman–Crippen LogP) is 3.88. The first-order chi connectivity index (χ1) is 13.8. The molecule has 0 aliphatic heterocycles. The van der Waals surface area contributed by atoms with Crippen molar-refractivity contribution in [2.45, 2.75) is 63.4 Å². The third kappa shape index (κ3) is 5.25. The van der Waals surface area contributed by atoms with Gasteiger partial charge in [0.25, 0.3) is 0 Å². The van der Waals surface area contributed by atoms with E-state index in [1.54, 1.807) is 24.3 Å². The van der Waals surface area contributed by atoms with Crippen LogP contribution in [0.25, 0.3) is 0 Å². The Morgan fingerprint density at radius 1 is 1.03 bits per heavy atom. The molecular weight excluding hydrogens is 384 g/mol. The Morgan fingerprint density at radius 3 is 2.41 bits per heavy atom. The molecule has 0 saturated carbocycles. The van der Waals surface area contributed by atoms with Crippen LogP contribution in [0.5, 0.6) is 0 Å². The lowest BCUT2D eigenvalue weighted by Crippen LogP contribution is -2.50. The molecule has 2 unspecified atom stereocenters. The normalized spacial score (nSPS) is 18.0. The van der Waals surface area contributed by atoms with Gasteiger partial charge in [-0.05, 0) is 55.4 Å². The molecule has 2 atom stereocenters. The minimum Gasteiger partial charge on any atom is -0.348 e. The summed E-state index contributed by atoms with van der Waals surface area (Å²) in [4.78, 5) is 13.3. The number of carbonyl (C=O) groups excluding carboxylic acids is 1. The molecule has 5 nitrogen and oxygen atoms in total. The largest absolute Gasteiger partial charge is 0.348 e. The van der Waals surface area contributed by atoms with E-state index < -0.39 is 16.1 Å². The molecule has 0 aromatic heterocycles. The first kappa shape index (κ1) is 21.5. The van der Waals surface area contributed by atoms with Crippen LogP contribution in [0.2, 0.25) is 0 Å². The van der Waals surface area contributed by atoms with Crippen molar-refractivity contribution < 1.29 is 13.2 Å². The highest BCUT2D eigenvalue weighted by Gasteiger charge is 2.30. The molecule has 6 heteroatoms. The van der Waals surface area contributed by atoms with Crippen LogP contribution in [-0.4, -0.2) is 20.4 Å². The molecule has 0 fully saturated rings. The van der Waals surface area contributed by atoms with Crippen molar-refractivity contribution in [3.8, 4) is 0 Å². The van der Waals surface area contributed by atoms with Crippen molar-refractivity contribution in [1.82, 2.24) is 10.0 Å². The number of amides is 1. The molecule has 1 amide bonds. The number of fused-ring (bicyclic) bond motifs is 1. The number of rotatable bonds is 6. The van der Waals surface area contributed by atoms with Gasteiger partial charge in [-0.3, -0.25) is 4.79 Å². The average Bonchev–Trinajstić information content (AvgIpc) is 2.89. The second kappa shape index (κ2) is 9.09. The van der Waals surface area contributed by atoms with Crippen molar-refractivity contribution in [3.63, 3.8) is 0 Å². The fourth-order valence-corrected chi connectivity index (χ4v) is 5.12. The quantitative estimate of drug-likeness (QED) is 0.705. The molecule has 2 N–H and O–H groups in total. The first-order valence-electron chi connectivity index (χ1n) is 10.2. The summed E-state index contributed by atoms with van der Waals surface area (Å²) in [5.74, 6) is -0.464. The van der Waals surface area contributed by atoms with Gasteiger partial charge >= 0.3 is 0 Å². The van der Waals surface area contributed by atoms with Gasteiger partial charge in [0.05, 0.1) is 10.9 Å². The number of aryl methyl sites for hydroxylation is 2. The van der Waals surface area contributed by atoms with Gasteiger partial charge in [-0.2, -0.15) is 4.72 Å². The topological polar surface area (TPSA) is 75.3 Å². The zero-order chi connectivity index (χ0) is 21.0. The highest BCUT2D eigenvalue weighted by atomic mass is 32.2. The summed E-state index contributed by atoms with van der Waals surface area (Å²) in [6.45, 7) is 5.60. The van der Waals surface area contributed by atoms with E-state index >= 15 is 0 Å². The van der Waals surface area contributed by atoms with Crippen molar-refractivity contribution in [1.29, 1.82) is 0 Å². The maximum atomic E-state index is 13.1. The Morgan fingerprint density at radius 2 is 1.72 bits per heavy atom. The Hall–Kier alpha value is -2.18. The third-order valence-electron chi connectivity index (χ3n) is 5.50. The number of benzene rings is 2. The van der Waals surface area contributed by atoms with Crippen LogP contribution in [-0.2, 0) is 21.2 Å². The van der Waals surface area contributed by atoms with Gasteiger partial charge in [-0.1, -0.05) is 62.2 Å². The van der Waals surface area contributed by atoms with Gasteiger partial charge < -0.3 is 5.32 Å². The van der Waals surface area contributed by atoms with Crippen LogP contribution < -0.4 is 10.0 Å². The summed E-state index contributed by atoms with van der Waals surface area (Å²) in [6, 6.07) is 13.9. The maximum Gasteiger partial charge on any atom is 0.241 e. The zero-order valence-corrected chi connectivity index (χ0v) is 18.1. The lowest BCUT2D eigenvalue weighted by Gasteiger charge is -2.26. The van der Waals surface area contributed by atoms with E-state index in [-0.39, 0.29) is 22.8 Å². The summed E-state index contributed by atoms with van der Waals surface area (Å²) < 4.78 is 28.3. The molecule has 2 aromatic carbocycles. The molecule has 3 rings (SSSR count). The van der Waals surface area contributed by atoms with E-state index in [0.29, 0.717) is 0 Å². The minimum absolute atomic E-state index is 0.0914. The van der Waals surface area contributed by atoms with Gasteiger partial charge in [-0.15, -0.1) is 0 Å². The SMILES string of the molecule is Cc1ccc(S(=O)(=O)NC(C(=O)NC2CCCCc3ccccc32)C(C)C)cc1. The minimum atomic E-state index is -3.79. The van der Waals surface area contributed by atoms with Gasteiger partial charge in [0.2, 0.25) is 15.9 Å². The van der Waals surface area contributed by atoms with E-state index in [0.717, 1.165) is 36.8 Å². The van der Waals surface area contributed by atoms with Crippen LogP contribution in [0, 0.1) is 12.8 Å². The second-order valence-corrected chi connectivity index (χ2v) is 9.88. The summed E-state index contributed by atoms with van der Waals surface area (Å²) in [7, 11) is -3.79. The predicted molar refractivity (Wildman–Crippen MR) is 115 cm³/mol. The fourth-order valence-electron chi connectivity index (χ4n) is 3.78. The van der Waals surface area contributed by atoms with Crippen LogP contribution in [0.4, 0.5) is 0 Å². The Balaban J connectivity index is 1.79. The number of hydrogen-bond donors (Lipinski definition) is 2. The van der Waals surface area contributed by atoms with Gasteiger partial charge in [0.1, 0.15) is 6.04 Å². The summed E-state index contributed by atoms with van der Waals surface area (Å²) in [6.07, 6.45) is 3.99. The van der Waals surface area contributed by atoms with Crippen LogP contribution in [0.15, 0.2) is 53.4 Å². The fraction of sp³-hybridized carbons (Fsp3) is 0.435. The zero-order valence-electron chi connectivity index (χ0n) is 17.3. The number of nitrogens with one attached hydrogen (secondary N) is 2. The van der Waals surface area contributed by atoms with E-state index in [2.05, 4.69) is 22.2 Å². The number of sulfonamides is 1. The highest BCUT2D eigenvalue weighted by molar-refractivity contribution is 7.89. The second-order valence-electron chi connectivity index (χ2n) is 8.16. The van der Waals surface area contributed by atoms with Crippen molar-refractivity contribution in [3.05, 3.63) is 65.2 Å². The summed E-state index contributed by atoms with van der Waals surface area (Å²) in [5.41, 5.74) is 3.38. The van der Waals surface area contributed by atoms with E-state index in [4.69, 9.17) is 0 Å². The molecule has 0 heterocycles. The molecule has 29 heavy (non-hydrogen) atoms. The van der Waals surface area contributed by atoms with Crippen LogP contribution >= 0.6 is 0 Å². The Bertz CT molecular complexity index is 952.